The van der Waals surface area contributed by atoms with Crippen LogP contribution in [0.3, 0.4) is 0 Å². The van der Waals surface area contributed by atoms with Gasteiger partial charge in [0, 0.05) is 10.4 Å². The number of aliphatic carboxylic acids is 1. The number of nitrogens with two attached hydrogens (primary N) is 1. The second-order valence-corrected chi connectivity index (χ2v) is 1.82. The van der Waals surface area contributed by atoms with Crippen LogP contribution < -0.4 is 64.8 Å². The van der Waals surface area contributed by atoms with Gasteiger partial charge in [0.15, 0.2) is 0 Å². The number of carboxylic acids is 1. The maximum atomic E-state index is 9.24. The summed E-state index contributed by atoms with van der Waals surface area (Å²) in [6.07, 6.45) is 0. The molecule has 12 heavy (non-hydrogen) atoms. The molecule has 0 aliphatic heterocycles. The van der Waals surface area contributed by atoms with Crippen LogP contribution in [0.2, 0.25) is 0 Å². The van der Waals surface area contributed by atoms with E-state index in [0.29, 0.717) is 0 Å². The Labute approximate surface area is 114 Å². The van der Waals surface area contributed by atoms with Gasteiger partial charge >= 0.3 is 65.1 Å². The van der Waals surface area contributed by atoms with Gasteiger partial charge in [-0.05, 0) is 0 Å². The molecule has 0 spiro atoms. The summed E-state index contributed by atoms with van der Waals surface area (Å²) in [5.41, 5.74) is 4.57. The molecule has 0 bridgehead atoms. The largest absolute Gasteiger partial charge is 1.00 e. The second kappa shape index (κ2) is 12.3. The van der Waals surface area contributed by atoms with Gasteiger partial charge in [-0.3, -0.25) is 13.2 Å². The first-order valence-electron chi connectivity index (χ1n) is 1.86. The van der Waals surface area contributed by atoms with Crippen molar-refractivity contribution in [2.24, 2.45) is 5.73 Å². The van der Waals surface area contributed by atoms with Crippen molar-refractivity contribution in [3.8, 4) is 0 Å². The first-order chi connectivity index (χ1) is 4.27. The molecule has 3 N–H and O–H groups in total. The van der Waals surface area contributed by atoms with Crippen LogP contribution in [-0.2, 0) is 15.2 Å². The van der Waals surface area contributed by atoms with Crippen molar-refractivity contribution in [1.82, 2.24) is 0 Å². The van der Waals surface area contributed by atoms with Crippen LogP contribution in [0.25, 0.3) is 0 Å². The summed E-state index contributed by atoms with van der Waals surface area (Å²) in [6.45, 7) is -0.278. The van der Waals surface area contributed by atoms with Crippen molar-refractivity contribution in [3.63, 3.8) is 0 Å². The zero-order valence-corrected chi connectivity index (χ0v) is 11.5. The average molecular weight is 217 g/mol. The minimum Gasteiger partial charge on any atom is -0.759 e. The van der Waals surface area contributed by atoms with Crippen LogP contribution in [0.1, 0.15) is 0 Å². The molecule has 0 atom stereocenters. The number of hydrogen-bond donors (Lipinski definition) is 2. The molecule has 7 nitrogen and oxygen atoms in total. The van der Waals surface area contributed by atoms with Gasteiger partial charge in [-0.25, -0.2) is 0 Å². The van der Waals surface area contributed by atoms with E-state index in [1.807, 2.05) is 0 Å². The molecular formula is C2H5NNa2O6S. The zero-order valence-electron chi connectivity index (χ0n) is 6.68. The number of carbonyl (C=O) groups is 1. The standard InChI is InChI=1S/C2H5NO2.2Na.H2O4S/c3-1-2(4)5;;;1-5(2,3)4/h1,3H2,(H,4,5);;;(H2,1,2,3,4)/q;2*+1;/p-2. The van der Waals surface area contributed by atoms with E-state index in [1.165, 1.54) is 0 Å². The van der Waals surface area contributed by atoms with Crippen molar-refractivity contribution >= 4 is 16.4 Å². The molecule has 62 valence electrons. The smallest absolute Gasteiger partial charge is 0.759 e. The van der Waals surface area contributed by atoms with Crippen LogP contribution >= 0.6 is 0 Å². The third kappa shape index (κ3) is 110. The van der Waals surface area contributed by atoms with Crippen LogP contribution in [-0.4, -0.2) is 35.1 Å². The quantitative estimate of drug-likeness (QED) is 0.252. The van der Waals surface area contributed by atoms with Gasteiger partial charge in [-0.15, -0.1) is 0 Å². The Bertz CT molecular complexity index is 182. The van der Waals surface area contributed by atoms with Crippen LogP contribution in [0, 0.1) is 0 Å². The van der Waals surface area contributed by atoms with Gasteiger partial charge in [0.1, 0.15) is 0 Å². The fraction of sp³-hybridized carbons (Fsp3) is 0.500. The fourth-order valence-corrected chi connectivity index (χ4v) is 0. The molecule has 0 aromatic carbocycles. The molecule has 0 aromatic rings. The molecule has 0 aromatic heterocycles. The summed E-state index contributed by atoms with van der Waals surface area (Å²) in [4.78, 5) is 9.24. The molecule has 0 unspecified atom stereocenters. The van der Waals surface area contributed by atoms with E-state index in [0.717, 1.165) is 0 Å². The minimum absolute atomic E-state index is 0. The molecule has 0 aliphatic rings. The fourth-order valence-electron chi connectivity index (χ4n) is 0. The monoisotopic (exact) mass is 217 g/mol. The number of rotatable bonds is 1. The number of carboxylic acid groups (broad SMARTS) is 1. The topological polar surface area (TPSA) is 144 Å². The molecule has 0 fully saturated rings. The molecule has 0 radical (unpaired) electrons. The van der Waals surface area contributed by atoms with E-state index in [4.69, 9.17) is 22.6 Å². The summed E-state index contributed by atoms with van der Waals surface area (Å²) >= 11 is 0. The third-order valence-corrected chi connectivity index (χ3v) is 0.175. The van der Waals surface area contributed by atoms with Gasteiger partial charge in [0.05, 0.1) is 6.54 Å². The van der Waals surface area contributed by atoms with Crippen molar-refractivity contribution in [2.75, 3.05) is 6.54 Å². The van der Waals surface area contributed by atoms with Crippen molar-refractivity contribution in [2.45, 2.75) is 0 Å². The second-order valence-electron chi connectivity index (χ2n) is 1.01. The van der Waals surface area contributed by atoms with Crippen LogP contribution in [0.4, 0.5) is 0 Å². The minimum atomic E-state index is -5.17. The maximum absolute atomic E-state index is 9.24. The van der Waals surface area contributed by atoms with E-state index in [-0.39, 0.29) is 65.7 Å². The first kappa shape index (κ1) is 23.3. The zero-order chi connectivity index (χ0) is 8.78. The Balaban J connectivity index is -0.0000000457. The van der Waals surface area contributed by atoms with Crippen LogP contribution in [0.5, 0.6) is 0 Å². The average Bonchev–Trinajstić information content (AvgIpc) is 1.61. The van der Waals surface area contributed by atoms with Crippen LogP contribution in [0.15, 0.2) is 0 Å². The summed E-state index contributed by atoms with van der Waals surface area (Å²) in [5, 5.41) is 7.60. The Hall–Kier alpha value is 1.30. The van der Waals surface area contributed by atoms with Gasteiger partial charge < -0.3 is 19.9 Å². The SMILES string of the molecule is NCC(=O)O.O=S(=O)([O-])[O-].[Na+].[Na+]. The van der Waals surface area contributed by atoms with E-state index in [1.54, 1.807) is 0 Å². The predicted octanol–water partition coefficient (Wildman–Crippen LogP) is -8.30. The summed E-state index contributed by atoms with van der Waals surface area (Å²) in [6, 6.07) is 0. The third-order valence-electron chi connectivity index (χ3n) is 0.175. The molecule has 0 rings (SSSR count). The molecule has 0 aliphatic carbocycles. The van der Waals surface area contributed by atoms with E-state index in [2.05, 4.69) is 5.73 Å². The molecule has 0 heterocycles. The molecule has 0 saturated heterocycles. The first-order valence-corrected chi connectivity index (χ1v) is 3.19. The van der Waals surface area contributed by atoms with E-state index >= 15 is 0 Å². The Morgan fingerprint density at radius 1 is 1.33 bits per heavy atom. The maximum Gasteiger partial charge on any atom is 1.00 e. The van der Waals surface area contributed by atoms with E-state index in [9.17, 15) is 4.79 Å². The summed E-state index contributed by atoms with van der Waals surface area (Å²) in [7, 11) is -5.17. The van der Waals surface area contributed by atoms with Gasteiger partial charge in [-0.2, -0.15) is 0 Å². The molecular weight excluding hydrogens is 212 g/mol. The Morgan fingerprint density at radius 3 is 1.42 bits per heavy atom. The predicted molar refractivity (Wildman–Crippen MR) is 27.2 cm³/mol. The van der Waals surface area contributed by atoms with Gasteiger partial charge in [0.25, 0.3) is 0 Å². The van der Waals surface area contributed by atoms with Gasteiger partial charge in [-0.1, -0.05) is 0 Å². The Kier molecular flexibility index (Phi) is 23.8. The van der Waals surface area contributed by atoms with Crippen molar-refractivity contribution in [1.29, 1.82) is 0 Å². The molecule has 10 heteroatoms. The number of hydrogen-bond acceptors (Lipinski definition) is 6. The molecule has 0 amide bonds. The van der Waals surface area contributed by atoms with Gasteiger partial charge in [0.2, 0.25) is 0 Å². The van der Waals surface area contributed by atoms with E-state index < -0.39 is 16.4 Å². The summed E-state index contributed by atoms with van der Waals surface area (Å²) in [5.74, 6) is -0.968. The molecule has 0 saturated carbocycles. The Morgan fingerprint density at radius 2 is 1.42 bits per heavy atom. The van der Waals surface area contributed by atoms with Crippen molar-refractivity contribution < 1.29 is 86.5 Å². The normalized spacial score (nSPS) is 7.92. The summed E-state index contributed by atoms with van der Waals surface area (Å²) < 4.78 is 34.1. The van der Waals surface area contributed by atoms with Crippen molar-refractivity contribution in [3.05, 3.63) is 0 Å².